The van der Waals surface area contributed by atoms with Crippen molar-refractivity contribution in [2.24, 2.45) is 0 Å². The first-order valence-corrected chi connectivity index (χ1v) is 19.7. The summed E-state index contributed by atoms with van der Waals surface area (Å²) in [5, 5.41) is 4.94. The van der Waals surface area contributed by atoms with E-state index in [0.29, 0.717) is 0 Å². The van der Waals surface area contributed by atoms with E-state index in [4.69, 9.17) is 0 Å². The van der Waals surface area contributed by atoms with Crippen molar-refractivity contribution in [3.05, 3.63) is 89.5 Å². The molecule has 0 saturated carbocycles. The molecule has 0 heterocycles. The molecule has 0 spiro atoms. The number of aryl methyl sites for hydroxylation is 3. The molecule has 0 aliphatic rings. The Kier molecular flexibility index (Phi) is 5.99. The Labute approximate surface area is 174 Å². The summed E-state index contributed by atoms with van der Waals surface area (Å²) in [6, 6.07) is 27.6. The van der Waals surface area contributed by atoms with E-state index in [1.54, 1.807) is 15.6 Å². The molecule has 0 aliphatic heterocycles. The van der Waals surface area contributed by atoms with Crippen molar-refractivity contribution in [2.45, 2.75) is 47.0 Å². The molecule has 0 saturated heterocycles. The van der Waals surface area contributed by atoms with Gasteiger partial charge in [-0.25, -0.2) is 0 Å². The van der Waals surface area contributed by atoms with Crippen LogP contribution >= 0.6 is 0 Å². The molecule has 28 heavy (non-hydrogen) atoms. The van der Waals surface area contributed by atoms with E-state index in [0.717, 1.165) is 0 Å². The predicted octanol–water partition coefficient (Wildman–Crippen LogP) is 4.70. The Bertz CT molecular complexity index is 870. The van der Waals surface area contributed by atoms with E-state index < -0.39 is 23.0 Å². The van der Waals surface area contributed by atoms with Gasteiger partial charge in [-0.2, -0.15) is 0 Å². The van der Waals surface area contributed by atoms with E-state index in [-0.39, 0.29) is 0 Å². The van der Waals surface area contributed by atoms with Crippen molar-refractivity contribution in [1.82, 2.24) is 0 Å². The molecule has 0 amide bonds. The van der Waals surface area contributed by atoms with Gasteiger partial charge in [0, 0.05) is 0 Å². The normalized spacial score (nSPS) is 12.4. The van der Waals surface area contributed by atoms with Crippen LogP contribution in [-0.2, 0) is 0 Å². The molecule has 0 fully saturated rings. The smallest absolute Gasteiger partial charge is 0.0675 e. The molecule has 3 aromatic carbocycles. The minimum Gasteiger partial charge on any atom is -0.0675 e. The van der Waals surface area contributed by atoms with Gasteiger partial charge in [0.15, 0.2) is 0 Å². The Morgan fingerprint density at radius 2 is 0.929 bits per heavy atom. The highest BCUT2D eigenvalue weighted by Gasteiger charge is 2.48. The molecular formula is C25H33Si3. The van der Waals surface area contributed by atoms with Crippen LogP contribution in [0.2, 0.25) is 26.2 Å². The number of hydrogen-bond acceptors (Lipinski definition) is 0. The summed E-state index contributed by atoms with van der Waals surface area (Å²) in [6.45, 7) is 17.5. The first kappa shape index (κ1) is 21.0. The van der Waals surface area contributed by atoms with E-state index >= 15 is 0 Å². The fourth-order valence-electron chi connectivity index (χ4n) is 4.98. The molecule has 3 rings (SSSR count). The third-order valence-corrected chi connectivity index (χ3v) is 35.5. The predicted molar refractivity (Wildman–Crippen MR) is 133 cm³/mol. The van der Waals surface area contributed by atoms with Crippen LogP contribution in [0, 0.1) is 20.8 Å². The molecule has 0 aliphatic carbocycles. The molecule has 0 unspecified atom stereocenters. The van der Waals surface area contributed by atoms with Crippen LogP contribution in [0.1, 0.15) is 16.7 Å². The maximum Gasteiger partial charge on any atom is 0.0818 e. The zero-order valence-corrected chi connectivity index (χ0v) is 21.4. The van der Waals surface area contributed by atoms with Crippen LogP contribution in [0.4, 0.5) is 0 Å². The van der Waals surface area contributed by atoms with Gasteiger partial charge in [-0.05, 0) is 20.8 Å². The Hall–Kier alpha value is -1.69. The van der Waals surface area contributed by atoms with Gasteiger partial charge in [-0.3, -0.25) is 0 Å². The van der Waals surface area contributed by atoms with Gasteiger partial charge in [0.25, 0.3) is 0 Å². The monoisotopic (exact) mass is 417 g/mol. The molecule has 0 bridgehead atoms. The highest BCUT2D eigenvalue weighted by atomic mass is 29.6. The minimum atomic E-state index is -1.68. The summed E-state index contributed by atoms with van der Waals surface area (Å²) in [4.78, 5) is 0. The van der Waals surface area contributed by atoms with Gasteiger partial charge in [0.1, 0.15) is 0 Å². The molecule has 0 nitrogen and oxygen atoms in total. The van der Waals surface area contributed by atoms with E-state index in [9.17, 15) is 0 Å². The summed E-state index contributed by atoms with van der Waals surface area (Å²) >= 11 is 0. The zero-order chi connectivity index (χ0) is 20.5. The van der Waals surface area contributed by atoms with Gasteiger partial charge in [0.2, 0.25) is 0 Å². The van der Waals surface area contributed by atoms with E-state index in [1.165, 1.54) is 16.7 Å². The number of hydrogen-bond donors (Lipinski definition) is 0. The lowest BCUT2D eigenvalue weighted by molar-refractivity contribution is 1.35. The topological polar surface area (TPSA) is 0 Å². The van der Waals surface area contributed by atoms with Crippen LogP contribution in [0.15, 0.2) is 72.8 Å². The summed E-state index contributed by atoms with van der Waals surface area (Å²) in [6.07, 6.45) is 0. The van der Waals surface area contributed by atoms with Gasteiger partial charge in [0.05, 0.1) is 23.0 Å². The molecule has 3 aromatic rings. The Morgan fingerprint density at radius 3 is 1.29 bits per heavy atom. The average molecular weight is 418 g/mol. The lowest BCUT2D eigenvalue weighted by Gasteiger charge is -2.43. The fraction of sp³-hybridized carbons (Fsp3) is 0.280. The summed E-state index contributed by atoms with van der Waals surface area (Å²) < 4.78 is 0. The fourth-order valence-corrected chi connectivity index (χ4v) is 41.5. The highest BCUT2D eigenvalue weighted by Crippen LogP contribution is 2.22. The molecule has 3 heteroatoms. The zero-order valence-electron chi connectivity index (χ0n) is 18.4. The van der Waals surface area contributed by atoms with Crippen molar-refractivity contribution >= 4 is 38.6 Å². The molecule has 0 atom stereocenters. The largest absolute Gasteiger partial charge is 0.0818 e. The van der Waals surface area contributed by atoms with Crippen molar-refractivity contribution in [2.75, 3.05) is 0 Å². The minimum absolute atomic E-state index is 0.778. The quantitative estimate of drug-likeness (QED) is 0.528. The second-order valence-corrected chi connectivity index (χ2v) is 30.0. The van der Waals surface area contributed by atoms with Crippen molar-refractivity contribution in [3.63, 3.8) is 0 Å². The maximum absolute atomic E-state index is 2.63. The van der Waals surface area contributed by atoms with Crippen molar-refractivity contribution in [1.29, 1.82) is 0 Å². The first-order chi connectivity index (χ1) is 13.2. The molecule has 1 radical (unpaired) electrons. The second-order valence-electron chi connectivity index (χ2n) is 9.13. The summed E-state index contributed by atoms with van der Waals surface area (Å²) in [5.74, 6) is 0. The Balaban J connectivity index is 2.30. The standard InChI is InChI=1S/C25H33Si3/c1-20-18-21(2)25(22(3)19-20)26(27(4,5)23-14-10-8-11-15-23)28(6,7)24-16-12-9-13-17-24/h8-19H,1-7H3. The van der Waals surface area contributed by atoms with Gasteiger partial charge >= 0.3 is 0 Å². The van der Waals surface area contributed by atoms with Crippen LogP contribution in [0.25, 0.3) is 0 Å². The molecule has 0 N–H and O–H groups in total. The maximum atomic E-state index is 2.63. The van der Waals surface area contributed by atoms with E-state index in [1.807, 2.05) is 0 Å². The number of rotatable bonds is 5. The van der Waals surface area contributed by atoms with Gasteiger partial charge in [-0.15, -0.1) is 0 Å². The van der Waals surface area contributed by atoms with Crippen LogP contribution in [0.3, 0.4) is 0 Å². The number of benzene rings is 3. The third kappa shape index (κ3) is 3.89. The van der Waals surface area contributed by atoms with E-state index in [2.05, 4.69) is 120 Å². The Morgan fingerprint density at radius 1 is 0.571 bits per heavy atom. The lowest BCUT2D eigenvalue weighted by Crippen LogP contribution is -2.76. The summed E-state index contributed by atoms with van der Waals surface area (Å²) in [5.41, 5.74) is 4.41. The molecule has 145 valence electrons. The van der Waals surface area contributed by atoms with Gasteiger partial charge in [-0.1, -0.05) is 131 Å². The summed E-state index contributed by atoms with van der Waals surface area (Å²) in [7, 11) is -4.15. The molecule has 0 aromatic heterocycles. The SMILES string of the molecule is Cc1cc(C)c([Si]([Si](C)(C)c2ccccc2)[Si](C)(C)c2ccccc2)c(C)c1. The second kappa shape index (κ2) is 7.97. The lowest BCUT2D eigenvalue weighted by atomic mass is 10.1. The van der Waals surface area contributed by atoms with Crippen molar-refractivity contribution in [3.8, 4) is 0 Å². The van der Waals surface area contributed by atoms with Crippen molar-refractivity contribution < 1.29 is 0 Å². The molecular weight excluding hydrogens is 385 g/mol. The van der Waals surface area contributed by atoms with Crippen LogP contribution in [0.5, 0.6) is 0 Å². The van der Waals surface area contributed by atoms with Crippen LogP contribution in [-0.4, -0.2) is 23.0 Å². The third-order valence-electron chi connectivity index (χ3n) is 6.17. The van der Waals surface area contributed by atoms with Gasteiger partial charge < -0.3 is 0 Å². The van der Waals surface area contributed by atoms with Crippen LogP contribution < -0.4 is 15.6 Å². The first-order valence-electron chi connectivity index (χ1n) is 10.2. The average Bonchev–Trinajstić information content (AvgIpc) is 2.65. The highest BCUT2D eigenvalue weighted by molar-refractivity contribution is 7.69.